The molecule has 0 atom stereocenters. The van der Waals surface area contributed by atoms with Crippen LogP contribution in [0.2, 0.25) is 0 Å². The van der Waals surface area contributed by atoms with Crippen molar-refractivity contribution in [3.8, 4) is 0 Å². The lowest BCUT2D eigenvalue weighted by molar-refractivity contribution is -0.159. The van der Waals surface area contributed by atoms with Gasteiger partial charge < -0.3 is 14.5 Å². The Balaban J connectivity index is 1.41. The van der Waals surface area contributed by atoms with Gasteiger partial charge in [0.05, 0.1) is 22.1 Å². The quantitative estimate of drug-likeness (QED) is 0.461. The van der Waals surface area contributed by atoms with Gasteiger partial charge >= 0.3 is 5.97 Å². The molecule has 0 spiro atoms. The number of nitrogens with zero attached hydrogens (tertiary/aromatic N) is 4. The summed E-state index contributed by atoms with van der Waals surface area (Å²) in [6, 6.07) is 14.4. The summed E-state index contributed by atoms with van der Waals surface area (Å²) in [4.78, 5) is 38.3. The Hall–Kier alpha value is -2.97. The summed E-state index contributed by atoms with van der Waals surface area (Å²) < 4.78 is 6.71. The lowest BCUT2D eigenvalue weighted by atomic mass is 9.80. The molecule has 1 amide bonds. The molecular formula is C29H36N4O3S. The van der Waals surface area contributed by atoms with Crippen LogP contribution in [0.3, 0.4) is 0 Å². The molecule has 0 N–H and O–H groups in total. The number of likely N-dealkylation sites (N-methyl/N-ethyl adjacent to an activating group) is 1. The summed E-state index contributed by atoms with van der Waals surface area (Å²) in [5.74, 6) is -0.434. The van der Waals surface area contributed by atoms with Gasteiger partial charge in [0.25, 0.3) is 0 Å². The van der Waals surface area contributed by atoms with Crippen molar-refractivity contribution in [2.75, 3.05) is 50.1 Å². The van der Waals surface area contributed by atoms with Crippen LogP contribution in [0.25, 0.3) is 10.2 Å². The first-order valence-corrected chi connectivity index (χ1v) is 13.8. The largest absolute Gasteiger partial charge is 0.460 e. The number of hydrogen-bond acceptors (Lipinski definition) is 7. The second-order valence-electron chi connectivity index (χ2n) is 11.5. The van der Waals surface area contributed by atoms with Crippen molar-refractivity contribution in [2.45, 2.75) is 45.6 Å². The maximum Gasteiger partial charge on any atom is 0.307 e. The van der Waals surface area contributed by atoms with Gasteiger partial charge in [0.1, 0.15) is 5.60 Å². The third-order valence-corrected chi connectivity index (χ3v) is 8.45. The average Bonchev–Trinajstić information content (AvgIpc) is 3.43. The molecule has 3 aromatic rings. The average molecular weight is 521 g/mol. The summed E-state index contributed by atoms with van der Waals surface area (Å²) in [7, 11) is 3.93. The van der Waals surface area contributed by atoms with Crippen LogP contribution in [0.5, 0.6) is 0 Å². The number of ether oxygens (including phenoxy) is 1. The Labute approximate surface area is 223 Å². The van der Waals surface area contributed by atoms with Gasteiger partial charge in [0.2, 0.25) is 5.91 Å². The molecule has 0 unspecified atom stereocenters. The van der Waals surface area contributed by atoms with E-state index in [1.54, 1.807) is 11.9 Å². The lowest BCUT2D eigenvalue weighted by Gasteiger charge is -2.34. The number of piperazine rings is 1. The molecule has 2 heterocycles. The van der Waals surface area contributed by atoms with Crippen molar-refractivity contribution >= 4 is 44.2 Å². The number of thiazole rings is 1. The molecule has 2 aliphatic rings. The van der Waals surface area contributed by atoms with Gasteiger partial charge in [0, 0.05) is 38.9 Å². The van der Waals surface area contributed by atoms with Crippen LogP contribution in [0.4, 0.5) is 10.8 Å². The van der Waals surface area contributed by atoms with Crippen LogP contribution in [-0.2, 0) is 27.2 Å². The van der Waals surface area contributed by atoms with Gasteiger partial charge in [-0.05, 0) is 70.0 Å². The zero-order valence-electron chi connectivity index (χ0n) is 22.4. The summed E-state index contributed by atoms with van der Waals surface area (Å²) in [5, 5.41) is 0.648. The number of amides is 1. The van der Waals surface area contributed by atoms with Gasteiger partial charge in [-0.15, -0.1) is 0 Å². The first-order chi connectivity index (χ1) is 17.5. The number of benzene rings is 2. The Morgan fingerprint density at radius 2 is 1.70 bits per heavy atom. The Morgan fingerprint density at radius 3 is 2.32 bits per heavy atom. The van der Waals surface area contributed by atoms with E-state index in [2.05, 4.69) is 41.1 Å². The minimum atomic E-state index is -0.885. The second-order valence-corrected chi connectivity index (χ2v) is 12.5. The van der Waals surface area contributed by atoms with Gasteiger partial charge in [-0.1, -0.05) is 35.6 Å². The predicted octanol–water partition coefficient (Wildman–Crippen LogP) is 4.53. The van der Waals surface area contributed by atoms with Gasteiger partial charge in [-0.3, -0.25) is 14.5 Å². The maximum atomic E-state index is 14.1. The van der Waals surface area contributed by atoms with E-state index in [1.807, 2.05) is 39.0 Å². The highest BCUT2D eigenvalue weighted by atomic mass is 32.1. The molecular weight excluding hydrogens is 484 g/mol. The standard InChI is InChI=1S/C29H36N4O3S/c1-28(2,3)36-25(34)19-29(17-20-8-6-7-9-21(20)18-29)26(35)32(5)27-30-23-11-10-22(16-24(23)37-27)33-14-12-31(4)13-15-33/h6-11,16H,12-15,17-19H2,1-5H3. The molecule has 1 saturated heterocycles. The SMILES string of the molecule is CN1CCN(c2ccc3nc(N(C)C(=O)C4(CC(=O)OC(C)(C)C)Cc5ccccc5C4)sc3c2)CC1. The Kier molecular flexibility index (Phi) is 6.75. The fraction of sp³-hybridized carbons (Fsp3) is 0.483. The number of esters is 1. The van der Waals surface area contributed by atoms with Crippen molar-refractivity contribution in [3.05, 3.63) is 53.6 Å². The van der Waals surface area contributed by atoms with Crippen LogP contribution in [0.15, 0.2) is 42.5 Å². The Bertz CT molecular complexity index is 1300. The van der Waals surface area contributed by atoms with E-state index >= 15 is 0 Å². The first kappa shape index (κ1) is 25.7. The van der Waals surface area contributed by atoms with Crippen LogP contribution in [-0.4, -0.2) is 67.6 Å². The molecule has 0 saturated carbocycles. The number of carbonyl (C=O) groups is 2. The van der Waals surface area contributed by atoms with E-state index < -0.39 is 11.0 Å². The summed E-state index contributed by atoms with van der Waals surface area (Å²) in [6.45, 7) is 9.65. The van der Waals surface area contributed by atoms with E-state index in [9.17, 15) is 9.59 Å². The van der Waals surface area contributed by atoms with Crippen LogP contribution >= 0.6 is 11.3 Å². The van der Waals surface area contributed by atoms with E-state index in [0.717, 1.165) is 47.5 Å². The molecule has 0 radical (unpaired) electrons. The zero-order chi connectivity index (χ0) is 26.4. The number of fused-ring (bicyclic) bond motifs is 2. The monoisotopic (exact) mass is 520 g/mol. The molecule has 2 aromatic carbocycles. The van der Waals surface area contributed by atoms with E-state index in [1.165, 1.54) is 17.0 Å². The van der Waals surface area contributed by atoms with Gasteiger partial charge in [0.15, 0.2) is 5.13 Å². The maximum absolute atomic E-state index is 14.1. The molecule has 5 rings (SSSR count). The van der Waals surface area contributed by atoms with Crippen molar-refractivity contribution < 1.29 is 14.3 Å². The van der Waals surface area contributed by atoms with E-state index in [0.29, 0.717) is 18.0 Å². The van der Waals surface area contributed by atoms with Crippen molar-refractivity contribution in [1.82, 2.24) is 9.88 Å². The van der Waals surface area contributed by atoms with Crippen molar-refractivity contribution in [1.29, 1.82) is 0 Å². The first-order valence-electron chi connectivity index (χ1n) is 12.9. The minimum Gasteiger partial charge on any atom is -0.460 e. The lowest BCUT2D eigenvalue weighted by Crippen LogP contribution is -2.45. The smallest absolute Gasteiger partial charge is 0.307 e. The van der Waals surface area contributed by atoms with Crippen LogP contribution < -0.4 is 9.80 Å². The highest BCUT2D eigenvalue weighted by Crippen LogP contribution is 2.43. The molecule has 0 bridgehead atoms. The molecule has 196 valence electrons. The molecule has 8 heteroatoms. The predicted molar refractivity (Wildman–Crippen MR) is 149 cm³/mol. The second kappa shape index (κ2) is 9.72. The summed E-state index contributed by atoms with van der Waals surface area (Å²) in [5.41, 5.74) is 2.82. The third-order valence-electron chi connectivity index (χ3n) is 7.35. The number of anilines is 2. The molecule has 7 nitrogen and oxygen atoms in total. The Morgan fingerprint density at radius 1 is 1.05 bits per heavy atom. The number of rotatable bonds is 5. The highest BCUT2D eigenvalue weighted by molar-refractivity contribution is 7.22. The molecule has 1 aromatic heterocycles. The highest BCUT2D eigenvalue weighted by Gasteiger charge is 2.48. The van der Waals surface area contributed by atoms with E-state index in [-0.39, 0.29) is 18.3 Å². The molecule has 1 aliphatic carbocycles. The third kappa shape index (κ3) is 5.36. The molecule has 1 fully saturated rings. The van der Waals surface area contributed by atoms with E-state index in [4.69, 9.17) is 9.72 Å². The minimum absolute atomic E-state index is 0.0422. The normalized spacial score (nSPS) is 17.6. The fourth-order valence-electron chi connectivity index (χ4n) is 5.45. The molecule has 1 aliphatic heterocycles. The van der Waals surface area contributed by atoms with Gasteiger partial charge in [-0.25, -0.2) is 4.98 Å². The van der Waals surface area contributed by atoms with Crippen molar-refractivity contribution in [2.24, 2.45) is 5.41 Å². The van der Waals surface area contributed by atoms with Gasteiger partial charge in [-0.2, -0.15) is 0 Å². The van der Waals surface area contributed by atoms with Crippen LogP contribution in [0.1, 0.15) is 38.3 Å². The van der Waals surface area contributed by atoms with Crippen LogP contribution in [0, 0.1) is 5.41 Å². The summed E-state index contributed by atoms with van der Waals surface area (Å²) in [6.07, 6.45) is 1.08. The zero-order valence-corrected chi connectivity index (χ0v) is 23.2. The summed E-state index contributed by atoms with van der Waals surface area (Å²) >= 11 is 1.52. The topological polar surface area (TPSA) is 66.0 Å². The number of hydrogen-bond donors (Lipinski definition) is 0. The number of aromatic nitrogens is 1. The number of carbonyl (C=O) groups excluding carboxylic acids is 2. The fourth-order valence-corrected chi connectivity index (χ4v) is 6.41. The molecule has 37 heavy (non-hydrogen) atoms. The van der Waals surface area contributed by atoms with Crippen molar-refractivity contribution in [3.63, 3.8) is 0 Å².